The van der Waals surface area contributed by atoms with Crippen LogP contribution in [0.4, 0.5) is 0 Å². The Morgan fingerprint density at radius 1 is 1.33 bits per heavy atom. The van der Waals surface area contributed by atoms with E-state index >= 15 is 0 Å². The number of hydrogen-bond acceptors (Lipinski definition) is 3. The summed E-state index contributed by atoms with van der Waals surface area (Å²) in [5.41, 5.74) is 0.916. The van der Waals surface area contributed by atoms with Crippen LogP contribution in [0.25, 0.3) is 0 Å². The van der Waals surface area contributed by atoms with Gasteiger partial charge in [-0.1, -0.05) is 12.1 Å². The second kappa shape index (κ2) is 6.61. The van der Waals surface area contributed by atoms with Gasteiger partial charge in [-0.25, -0.2) is 0 Å². The molecule has 0 aliphatic carbocycles. The number of amides is 1. The van der Waals surface area contributed by atoms with Crippen LogP contribution < -0.4 is 4.74 Å². The van der Waals surface area contributed by atoms with Crippen LogP contribution in [0, 0.1) is 5.92 Å². The number of piperidine rings is 1. The molecule has 0 saturated carbocycles. The zero-order valence-corrected chi connectivity index (χ0v) is 12.4. The maximum Gasteiger partial charge on any atom is 0.306 e. The lowest BCUT2D eigenvalue weighted by molar-refractivity contribution is -0.146. The van der Waals surface area contributed by atoms with Crippen LogP contribution in [0.5, 0.6) is 5.75 Å². The number of benzene rings is 1. The van der Waals surface area contributed by atoms with E-state index in [1.54, 1.807) is 12.0 Å². The molecule has 1 heterocycles. The minimum Gasteiger partial charge on any atom is -0.497 e. The number of nitrogens with zero attached hydrogens (tertiary/aromatic N) is 1. The van der Waals surface area contributed by atoms with Gasteiger partial charge in [0.05, 0.1) is 18.9 Å². The Labute approximate surface area is 124 Å². The van der Waals surface area contributed by atoms with Gasteiger partial charge < -0.3 is 14.7 Å². The van der Waals surface area contributed by atoms with E-state index in [1.165, 1.54) is 0 Å². The molecule has 114 valence electrons. The number of carboxylic acids is 1. The Morgan fingerprint density at radius 3 is 2.57 bits per heavy atom. The van der Waals surface area contributed by atoms with Crippen molar-refractivity contribution >= 4 is 11.9 Å². The normalized spacial score (nSPS) is 17.3. The lowest BCUT2D eigenvalue weighted by atomic mass is 9.94. The first kappa shape index (κ1) is 15.4. The number of methoxy groups -OCH3 is 1. The summed E-state index contributed by atoms with van der Waals surface area (Å²) in [5, 5.41) is 8.99. The summed E-state index contributed by atoms with van der Waals surface area (Å²) in [6.45, 7) is 2.91. The molecule has 1 saturated heterocycles. The summed E-state index contributed by atoms with van der Waals surface area (Å²) in [6, 6.07) is 7.50. The summed E-state index contributed by atoms with van der Waals surface area (Å²) in [5.74, 6) is -0.547. The van der Waals surface area contributed by atoms with E-state index < -0.39 is 5.97 Å². The molecule has 1 aromatic carbocycles. The van der Waals surface area contributed by atoms with Gasteiger partial charge in [0.2, 0.25) is 5.91 Å². The average Bonchev–Trinajstić information content (AvgIpc) is 2.53. The second-order valence-electron chi connectivity index (χ2n) is 5.44. The van der Waals surface area contributed by atoms with Crippen molar-refractivity contribution in [3.05, 3.63) is 29.8 Å². The number of carbonyl (C=O) groups excluding carboxylic acids is 1. The van der Waals surface area contributed by atoms with Gasteiger partial charge in [0, 0.05) is 13.1 Å². The van der Waals surface area contributed by atoms with Gasteiger partial charge in [0.1, 0.15) is 5.75 Å². The Hall–Kier alpha value is -2.04. The molecule has 1 aromatic rings. The first-order valence-electron chi connectivity index (χ1n) is 7.18. The number of carboxylic acid groups (broad SMARTS) is 1. The quantitative estimate of drug-likeness (QED) is 0.922. The van der Waals surface area contributed by atoms with Gasteiger partial charge in [-0.05, 0) is 37.5 Å². The molecule has 1 aliphatic rings. The van der Waals surface area contributed by atoms with Crippen LogP contribution in [0.15, 0.2) is 24.3 Å². The molecule has 1 atom stereocenters. The van der Waals surface area contributed by atoms with Gasteiger partial charge >= 0.3 is 5.97 Å². The number of likely N-dealkylation sites (tertiary alicyclic amines) is 1. The van der Waals surface area contributed by atoms with E-state index in [0.29, 0.717) is 25.9 Å². The highest BCUT2D eigenvalue weighted by Crippen LogP contribution is 2.25. The third kappa shape index (κ3) is 3.54. The Balaban J connectivity index is 2.01. The summed E-state index contributed by atoms with van der Waals surface area (Å²) >= 11 is 0. The minimum atomic E-state index is -0.761. The van der Waals surface area contributed by atoms with Gasteiger partial charge in [-0.2, -0.15) is 0 Å². The third-order valence-electron chi connectivity index (χ3n) is 4.12. The van der Waals surface area contributed by atoms with E-state index in [2.05, 4.69) is 0 Å². The highest BCUT2D eigenvalue weighted by molar-refractivity contribution is 5.83. The SMILES string of the molecule is COc1cccc(C(C)C(=O)N2CCC(C(=O)O)CC2)c1. The standard InChI is InChI=1S/C16H21NO4/c1-11(13-4-3-5-14(10-13)21-2)15(18)17-8-6-12(7-9-17)16(19)20/h3-5,10-12H,6-9H2,1-2H3,(H,19,20). The molecule has 5 heteroatoms. The number of ether oxygens (including phenoxy) is 1. The smallest absolute Gasteiger partial charge is 0.306 e. The molecule has 0 spiro atoms. The fourth-order valence-electron chi connectivity index (χ4n) is 2.67. The van der Waals surface area contributed by atoms with E-state index in [0.717, 1.165) is 11.3 Å². The molecule has 5 nitrogen and oxygen atoms in total. The lowest BCUT2D eigenvalue weighted by Crippen LogP contribution is -2.42. The fourth-order valence-corrected chi connectivity index (χ4v) is 2.67. The number of carbonyl (C=O) groups is 2. The second-order valence-corrected chi connectivity index (χ2v) is 5.44. The van der Waals surface area contributed by atoms with Crippen molar-refractivity contribution in [1.82, 2.24) is 4.90 Å². The van der Waals surface area contributed by atoms with Crippen molar-refractivity contribution in [1.29, 1.82) is 0 Å². The summed E-state index contributed by atoms with van der Waals surface area (Å²) < 4.78 is 5.18. The topological polar surface area (TPSA) is 66.8 Å². The van der Waals surface area contributed by atoms with Crippen molar-refractivity contribution in [3.8, 4) is 5.75 Å². The van der Waals surface area contributed by atoms with Crippen molar-refractivity contribution in [2.75, 3.05) is 20.2 Å². The Bertz CT molecular complexity index is 521. The van der Waals surface area contributed by atoms with Crippen LogP contribution in [0.2, 0.25) is 0 Å². The van der Waals surface area contributed by atoms with Crippen LogP contribution in [-0.4, -0.2) is 42.1 Å². The molecule has 2 rings (SSSR count). The molecule has 21 heavy (non-hydrogen) atoms. The maximum absolute atomic E-state index is 12.5. The largest absolute Gasteiger partial charge is 0.497 e. The molecule has 0 bridgehead atoms. The Morgan fingerprint density at radius 2 is 2.00 bits per heavy atom. The molecule has 0 aromatic heterocycles. The summed E-state index contributed by atoms with van der Waals surface area (Å²) in [6.07, 6.45) is 1.07. The zero-order chi connectivity index (χ0) is 15.4. The summed E-state index contributed by atoms with van der Waals surface area (Å²) in [7, 11) is 1.60. The molecule has 1 N–H and O–H groups in total. The van der Waals surface area contributed by atoms with Gasteiger partial charge in [-0.15, -0.1) is 0 Å². The number of rotatable bonds is 4. The van der Waals surface area contributed by atoms with Crippen molar-refractivity contribution in [2.24, 2.45) is 5.92 Å². The van der Waals surface area contributed by atoms with Gasteiger partial charge in [0.25, 0.3) is 0 Å². The van der Waals surface area contributed by atoms with E-state index in [-0.39, 0.29) is 17.7 Å². The molecule has 1 amide bonds. The first-order valence-corrected chi connectivity index (χ1v) is 7.18. The monoisotopic (exact) mass is 291 g/mol. The lowest BCUT2D eigenvalue weighted by Gasteiger charge is -2.32. The Kier molecular flexibility index (Phi) is 4.83. The number of aliphatic carboxylic acids is 1. The first-order chi connectivity index (χ1) is 10.0. The minimum absolute atomic E-state index is 0.0482. The van der Waals surface area contributed by atoms with Crippen molar-refractivity contribution < 1.29 is 19.4 Å². The van der Waals surface area contributed by atoms with E-state index in [9.17, 15) is 9.59 Å². The molecular weight excluding hydrogens is 270 g/mol. The molecular formula is C16H21NO4. The van der Waals surface area contributed by atoms with Crippen molar-refractivity contribution in [3.63, 3.8) is 0 Å². The third-order valence-corrected chi connectivity index (χ3v) is 4.12. The van der Waals surface area contributed by atoms with Crippen LogP contribution in [-0.2, 0) is 9.59 Å². The molecule has 1 unspecified atom stereocenters. The molecule has 0 radical (unpaired) electrons. The highest BCUT2D eigenvalue weighted by atomic mass is 16.5. The summed E-state index contributed by atoms with van der Waals surface area (Å²) in [4.78, 5) is 25.2. The van der Waals surface area contributed by atoms with E-state index in [1.807, 2.05) is 31.2 Å². The van der Waals surface area contributed by atoms with Crippen LogP contribution >= 0.6 is 0 Å². The van der Waals surface area contributed by atoms with Crippen molar-refractivity contribution in [2.45, 2.75) is 25.7 Å². The maximum atomic E-state index is 12.5. The predicted octanol–water partition coefficient (Wildman–Crippen LogP) is 2.12. The predicted molar refractivity (Wildman–Crippen MR) is 78.3 cm³/mol. The average molecular weight is 291 g/mol. The van der Waals surface area contributed by atoms with E-state index in [4.69, 9.17) is 9.84 Å². The molecule has 1 fully saturated rings. The van der Waals surface area contributed by atoms with Crippen LogP contribution in [0.3, 0.4) is 0 Å². The fraction of sp³-hybridized carbons (Fsp3) is 0.500. The van der Waals surface area contributed by atoms with Crippen LogP contribution in [0.1, 0.15) is 31.2 Å². The number of hydrogen-bond donors (Lipinski definition) is 1. The highest BCUT2D eigenvalue weighted by Gasteiger charge is 2.29. The molecule has 1 aliphatic heterocycles. The zero-order valence-electron chi connectivity index (χ0n) is 12.4. The van der Waals surface area contributed by atoms with Gasteiger partial charge in [0.15, 0.2) is 0 Å². The van der Waals surface area contributed by atoms with Gasteiger partial charge in [-0.3, -0.25) is 9.59 Å².